The summed E-state index contributed by atoms with van der Waals surface area (Å²) in [6, 6.07) is 5.97. The number of aryl methyl sites for hydroxylation is 1. The summed E-state index contributed by atoms with van der Waals surface area (Å²) in [4.78, 5) is 4.87. The maximum absolute atomic E-state index is 6.42. The minimum absolute atomic E-state index is 0.477. The second-order valence-corrected chi connectivity index (χ2v) is 6.03. The van der Waals surface area contributed by atoms with E-state index >= 15 is 0 Å². The van der Waals surface area contributed by atoms with Crippen LogP contribution in [0.25, 0.3) is 11.0 Å². The van der Waals surface area contributed by atoms with Gasteiger partial charge in [-0.1, -0.05) is 17.7 Å². The van der Waals surface area contributed by atoms with Crippen LogP contribution in [0.1, 0.15) is 31.0 Å². The zero-order chi connectivity index (χ0) is 14.7. The molecule has 0 amide bonds. The Kier molecular flexibility index (Phi) is 4.78. The fraction of sp³-hybridized carbons (Fsp3) is 0.562. The molecule has 1 aliphatic rings. The summed E-state index contributed by atoms with van der Waals surface area (Å²) in [5, 5.41) is 4.26. The number of aromatic nitrogens is 2. The summed E-state index contributed by atoms with van der Waals surface area (Å²) in [6.07, 6.45) is 3.37. The van der Waals surface area contributed by atoms with Crippen molar-refractivity contribution in [1.29, 1.82) is 0 Å². The van der Waals surface area contributed by atoms with Crippen LogP contribution in [-0.2, 0) is 11.3 Å². The molecule has 1 fully saturated rings. The molecule has 4 nitrogen and oxygen atoms in total. The first kappa shape index (κ1) is 14.8. The van der Waals surface area contributed by atoms with Gasteiger partial charge in [0, 0.05) is 32.7 Å². The zero-order valence-electron chi connectivity index (χ0n) is 12.4. The first-order valence-corrected chi connectivity index (χ1v) is 8.03. The van der Waals surface area contributed by atoms with Gasteiger partial charge in [-0.25, -0.2) is 4.98 Å². The standard InChI is InChI=1S/C16H22ClN3O/c1-21-10-4-9-20-15-13(17)6-2-7-14(15)19-16(20)12-5-3-8-18-11-12/h2,6-7,12,18H,3-5,8-11H2,1H3. The Hall–Kier alpha value is -1.10. The van der Waals surface area contributed by atoms with Crippen LogP contribution in [-0.4, -0.2) is 36.4 Å². The van der Waals surface area contributed by atoms with Crippen LogP contribution >= 0.6 is 11.6 Å². The molecule has 21 heavy (non-hydrogen) atoms. The number of nitrogens with zero attached hydrogens (tertiary/aromatic N) is 2. The summed E-state index contributed by atoms with van der Waals surface area (Å²) in [5.74, 6) is 1.64. The molecular weight excluding hydrogens is 286 g/mol. The number of methoxy groups -OCH3 is 1. The molecule has 1 aliphatic heterocycles. The molecular formula is C16H22ClN3O. The first-order valence-electron chi connectivity index (χ1n) is 7.65. The van der Waals surface area contributed by atoms with Crippen LogP contribution < -0.4 is 5.32 Å². The number of hydrogen-bond acceptors (Lipinski definition) is 3. The van der Waals surface area contributed by atoms with Crippen molar-refractivity contribution in [3.05, 3.63) is 29.0 Å². The molecule has 0 saturated carbocycles. The van der Waals surface area contributed by atoms with E-state index in [1.54, 1.807) is 7.11 Å². The molecule has 2 aromatic rings. The Labute approximate surface area is 130 Å². The molecule has 1 aromatic carbocycles. The number of fused-ring (bicyclic) bond motifs is 1. The van der Waals surface area contributed by atoms with Gasteiger partial charge in [-0.05, 0) is 37.9 Å². The van der Waals surface area contributed by atoms with Crippen LogP contribution in [0.3, 0.4) is 0 Å². The molecule has 0 aliphatic carbocycles. The van der Waals surface area contributed by atoms with Gasteiger partial charge in [-0.2, -0.15) is 0 Å². The van der Waals surface area contributed by atoms with Crippen molar-refractivity contribution in [2.45, 2.75) is 31.7 Å². The number of halogens is 1. The lowest BCUT2D eigenvalue weighted by molar-refractivity contribution is 0.190. The Bertz CT molecular complexity index is 605. The Morgan fingerprint density at radius 3 is 3.14 bits per heavy atom. The molecule has 1 N–H and O–H groups in total. The van der Waals surface area contributed by atoms with Crippen LogP contribution in [0.15, 0.2) is 18.2 Å². The van der Waals surface area contributed by atoms with Gasteiger partial charge >= 0.3 is 0 Å². The average Bonchev–Trinajstić information content (AvgIpc) is 2.89. The lowest BCUT2D eigenvalue weighted by Crippen LogP contribution is -2.30. The molecule has 1 saturated heterocycles. The minimum atomic E-state index is 0.477. The molecule has 5 heteroatoms. The third-order valence-corrected chi connectivity index (χ3v) is 4.44. The van der Waals surface area contributed by atoms with Gasteiger partial charge in [0.25, 0.3) is 0 Å². The average molecular weight is 308 g/mol. The maximum Gasteiger partial charge on any atom is 0.114 e. The van der Waals surface area contributed by atoms with Crippen LogP contribution in [0.5, 0.6) is 0 Å². The van der Waals surface area contributed by atoms with E-state index in [1.807, 2.05) is 18.2 Å². The van der Waals surface area contributed by atoms with Crippen LogP contribution in [0.2, 0.25) is 5.02 Å². The number of para-hydroxylation sites is 1. The number of piperidine rings is 1. The Balaban J connectivity index is 2.00. The van der Waals surface area contributed by atoms with Gasteiger partial charge in [0.2, 0.25) is 0 Å². The Morgan fingerprint density at radius 1 is 1.48 bits per heavy atom. The van der Waals surface area contributed by atoms with Crippen LogP contribution in [0, 0.1) is 0 Å². The highest BCUT2D eigenvalue weighted by Crippen LogP contribution is 2.30. The second-order valence-electron chi connectivity index (χ2n) is 5.62. The predicted molar refractivity (Wildman–Crippen MR) is 86.1 cm³/mol. The molecule has 0 spiro atoms. The quantitative estimate of drug-likeness (QED) is 0.862. The van der Waals surface area contributed by atoms with Gasteiger partial charge in [0.15, 0.2) is 0 Å². The molecule has 0 radical (unpaired) electrons. The van der Waals surface area contributed by atoms with Gasteiger partial charge in [0.1, 0.15) is 5.82 Å². The van der Waals surface area contributed by atoms with Gasteiger partial charge in [0.05, 0.1) is 16.1 Å². The number of imidazole rings is 1. The van der Waals surface area contributed by atoms with Gasteiger partial charge in [-0.15, -0.1) is 0 Å². The number of hydrogen-bond donors (Lipinski definition) is 1. The fourth-order valence-corrected chi connectivity index (χ4v) is 3.41. The summed E-state index contributed by atoms with van der Waals surface area (Å²) in [7, 11) is 1.74. The second kappa shape index (κ2) is 6.77. The van der Waals surface area contributed by atoms with E-state index in [2.05, 4.69) is 9.88 Å². The number of rotatable bonds is 5. The molecule has 114 valence electrons. The number of ether oxygens (including phenoxy) is 1. The largest absolute Gasteiger partial charge is 0.385 e. The number of benzene rings is 1. The molecule has 2 heterocycles. The zero-order valence-corrected chi connectivity index (χ0v) is 13.2. The predicted octanol–water partition coefficient (Wildman–Crippen LogP) is 3.19. The summed E-state index contributed by atoms with van der Waals surface area (Å²) >= 11 is 6.42. The van der Waals surface area contributed by atoms with Crippen LogP contribution in [0.4, 0.5) is 0 Å². The van der Waals surface area contributed by atoms with E-state index in [0.717, 1.165) is 48.7 Å². The minimum Gasteiger partial charge on any atom is -0.385 e. The topological polar surface area (TPSA) is 39.1 Å². The molecule has 3 rings (SSSR count). The normalized spacial score (nSPS) is 19.2. The van der Waals surface area contributed by atoms with Crippen molar-refractivity contribution in [2.24, 2.45) is 0 Å². The highest BCUT2D eigenvalue weighted by atomic mass is 35.5. The summed E-state index contributed by atoms with van der Waals surface area (Å²) in [5.41, 5.74) is 2.07. The molecule has 1 aromatic heterocycles. The third kappa shape index (κ3) is 3.07. The molecule has 1 atom stereocenters. The first-order chi connectivity index (χ1) is 10.3. The summed E-state index contributed by atoms with van der Waals surface area (Å²) in [6.45, 7) is 3.78. The van der Waals surface area contributed by atoms with Crippen molar-refractivity contribution in [3.8, 4) is 0 Å². The highest BCUT2D eigenvalue weighted by Gasteiger charge is 2.23. The Morgan fingerprint density at radius 2 is 2.38 bits per heavy atom. The lowest BCUT2D eigenvalue weighted by Gasteiger charge is -2.23. The van der Waals surface area contributed by atoms with Crippen molar-refractivity contribution < 1.29 is 4.74 Å². The smallest absolute Gasteiger partial charge is 0.114 e. The number of nitrogens with one attached hydrogen (secondary N) is 1. The monoisotopic (exact) mass is 307 g/mol. The van der Waals surface area contributed by atoms with Crippen molar-refractivity contribution in [1.82, 2.24) is 14.9 Å². The highest BCUT2D eigenvalue weighted by molar-refractivity contribution is 6.35. The van der Waals surface area contributed by atoms with E-state index in [1.165, 1.54) is 18.7 Å². The van der Waals surface area contributed by atoms with E-state index in [4.69, 9.17) is 21.3 Å². The van der Waals surface area contributed by atoms with Crippen molar-refractivity contribution in [2.75, 3.05) is 26.8 Å². The van der Waals surface area contributed by atoms with Crippen molar-refractivity contribution in [3.63, 3.8) is 0 Å². The molecule has 0 bridgehead atoms. The van der Waals surface area contributed by atoms with E-state index in [-0.39, 0.29) is 0 Å². The third-order valence-electron chi connectivity index (χ3n) is 4.14. The summed E-state index contributed by atoms with van der Waals surface area (Å²) < 4.78 is 7.49. The lowest BCUT2D eigenvalue weighted by atomic mass is 9.99. The van der Waals surface area contributed by atoms with Gasteiger partial charge in [-0.3, -0.25) is 0 Å². The molecule has 1 unspecified atom stereocenters. The SMILES string of the molecule is COCCCn1c(C2CCCNC2)nc2cccc(Cl)c21. The van der Waals surface area contributed by atoms with Crippen molar-refractivity contribution >= 4 is 22.6 Å². The maximum atomic E-state index is 6.42. The van der Waals surface area contributed by atoms with E-state index in [0.29, 0.717) is 5.92 Å². The van der Waals surface area contributed by atoms with E-state index < -0.39 is 0 Å². The fourth-order valence-electron chi connectivity index (χ4n) is 3.14. The van der Waals surface area contributed by atoms with Gasteiger partial charge < -0.3 is 14.6 Å². The van der Waals surface area contributed by atoms with E-state index in [9.17, 15) is 0 Å².